The van der Waals surface area contributed by atoms with Crippen LogP contribution in [-0.4, -0.2) is 39.0 Å². The van der Waals surface area contributed by atoms with Crippen molar-refractivity contribution < 1.29 is 0 Å². The first-order valence-corrected chi connectivity index (χ1v) is 8.36. The number of pyridine rings is 1. The summed E-state index contributed by atoms with van der Waals surface area (Å²) in [4.78, 5) is 15.7. The highest BCUT2D eigenvalue weighted by molar-refractivity contribution is 7.99. The van der Waals surface area contributed by atoms with Gasteiger partial charge in [0.2, 0.25) is 0 Å². The van der Waals surface area contributed by atoms with Crippen LogP contribution >= 0.6 is 11.8 Å². The Kier molecular flexibility index (Phi) is 4.35. The smallest absolute Gasteiger partial charge is 0.180 e. The summed E-state index contributed by atoms with van der Waals surface area (Å²) in [6.07, 6.45) is 7.31. The molecule has 5 heteroatoms. The van der Waals surface area contributed by atoms with Crippen LogP contribution in [0, 0.1) is 0 Å². The highest BCUT2D eigenvalue weighted by Gasteiger charge is 2.19. The molecule has 3 rings (SSSR count). The number of anilines is 1. The molecule has 0 spiro atoms. The predicted octanol–water partition coefficient (Wildman–Crippen LogP) is 3.14. The molecule has 0 radical (unpaired) electrons. The van der Waals surface area contributed by atoms with Crippen molar-refractivity contribution >= 4 is 28.7 Å². The molecule has 1 aliphatic rings. The van der Waals surface area contributed by atoms with Crippen LogP contribution < -0.4 is 4.90 Å². The Morgan fingerprint density at radius 3 is 3.05 bits per heavy atom. The second kappa shape index (κ2) is 6.39. The lowest BCUT2D eigenvalue weighted by molar-refractivity contribution is 0.735. The van der Waals surface area contributed by atoms with Gasteiger partial charge in [-0.2, -0.15) is 11.8 Å². The van der Waals surface area contributed by atoms with Gasteiger partial charge in [0.25, 0.3) is 0 Å². The van der Waals surface area contributed by atoms with Crippen LogP contribution in [0.1, 0.15) is 26.2 Å². The molecule has 0 N–H and O–H groups in total. The molecule has 1 fully saturated rings. The third-order valence-corrected chi connectivity index (χ3v) is 4.86. The molecular formula is C15H20N4S. The molecule has 1 atom stereocenters. The second-order valence-electron chi connectivity index (χ2n) is 5.09. The molecule has 0 aliphatic carbocycles. The Morgan fingerprint density at radius 1 is 1.25 bits per heavy atom. The van der Waals surface area contributed by atoms with Crippen LogP contribution in [-0.2, 0) is 0 Å². The summed E-state index contributed by atoms with van der Waals surface area (Å²) in [6, 6.07) is 4.10. The lowest BCUT2D eigenvalue weighted by Gasteiger charge is -2.25. The van der Waals surface area contributed by atoms with Gasteiger partial charge in [0, 0.05) is 30.7 Å². The molecule has 4 nitrogen and oxygen atoms in total. The zero-order chi connectivity index (χ0) is 13.8. The monoisotopic (exact) mass is 288 g/mol. The largest absolute Gasteiger partial charge is 0.355 e. The summed E-state index contributed by atoms with van der Waals surface area (Å²) in [7, 11) is 0. The number of hydrogen-bond acceptors (Lipinski definition) is 5. The van der Waals surface area contributed by atoms with E-state index in [1.54, 1.807) is 12.4 Å². The molecule has 1 unspecified atom stereocenters. The molecule has 2 aromatic heterocycles. The summed E-state index contributed by atoms with van der Waals surface area (Å²) in [5.74, 6) is 2.23. The fourth-order valence-corrected chi connectivity index (χ4v) is 3.79. The Balaban J connectivity index is 1.84. The average molecular weight is 288 g/mol. The standard InChI is InChI=1S/C15H20N4S/c1-2-20-12-5-3-4-10-19(11-12)14-7-6-13-15(18-14)17-9-8-16-13/h6-9,12H,2-5,10-11H2,1H3. The number of hydrogen-bond donors (Lipinski definition) is 0. The molecule has 3 heterocycles. The van der Waals surface area contributed by atoms with Gasteiger partial charge in [-0.15, -0.1) is 0 Å². The molecule has 1 aliphatic heterocycles. The van der Waals surface area contributed by atoms with E-state index in [0.717, 1.165) is 35.3 Å². The van der Waals surface area contributed by atoms with E-state index in [-0.39, 0.29) is 0 Å². The van der Waals surface area contributed by atoms with Gasteiger partial charge in [-0.05, 0) is 30.7 Å². The summed E-state index contributed by atoms with van der Waals surface area (Å²) < 4.78 is 0. The fourth-order valence-electron chi connectivity index (χ4n) is 2.70. The first-order valence-electron chi connectivity index (χ1n) is 7.31. The highest BCUT2D eigenvalue weighted by Crippen LogP contribution is 2.25. The first kappa shape index (κ1) is 13.6. The van der Waals surface area contributed by atoms with Gasteiger partial charge < -0.3 is 4.90 Å². The van der Waals surface area contributed by atoms with Crippen LogP contribution in [0.3, 0.4) is 0 Å². The van der Waals surface area contributed by atoms with Crippen molar-refractivity contribution in [2.75, 3.05) is 23.7 Å². The van der Waals surface area contributed by atoms with Gasteiger partial charge in [-0.25, -0.2) is 9.97 Å². The minimum Gasteiger partial charge on any atom is -0.355 e. The zero-order valence-electron chi connectivity index (χ0n) is 11.8. The first-order chi connectivity index (χ1) is 9.86. The molecule has 0 aromatic carbocycles. The quantitative estimate of drug-likeness (QED) is 0.868. The van der Waals surface area contributed by atoms with E-state index >= 15 is 0 Å². The summed E-state index contributed by atoms with van der Waals surface area (Å²) in [5, 5.41) is 0.724. The molecule has 0 amide bonds. The van der Waals surface area contributed by atoms with Gasteiger partial charge >= 0.3 is 0 Å². The molecule has 2 aromatic rings. The molecular weight excluding hydrogens is 268 g/mol. The van der Waals surface area contributed by atoms with Gasteiger partial charge in [-0.1, -0.05) is 13.3 Å². The zero-order valence-corrected chi connectivity index (χ0v) is 12.6. The summed E-state index contributed by atoms with van der Waals surface area (Å²) in [6.45, 7) is 4.43. The predicted molar refractivity (Wildman–Crippen MR) is 85.3 cm³/mol. The highest BCUT2D eigenvalue weighted by atomic mass is 32.2. The topological polar surface area (TPSA) is 41.9 Å². The van der Waals surface area contributed by atoms with E-state index < -0.39 is 0 Å². The maximum absolute atomic E-state index is 4.68. The van der Waals surface area contributed by atoms with Gasteiger partial charge in [0.1, 0.15) is 11.3 Å². The van der Waals surface area contributed by atoms with Crippen LogP contribution in [0.5, 0.6) is 0 Å². The van der Waals surface area contributed by atoms with Crippen LogP contribution in [0.25, 0.3) is 11.2 Å². The van der Waals surface area contributed by atoms with Gasteiger partial charge in [-0.3, -0.25) is 4.98 Å². The van der Waals surface area contributed by atoms with Crippen molar-refractivity contribution in [3.05, 3.63) is 24.5 Å². The van der Waals surface area contributed by atoms with Crippen LogP contribution in [0.2, 0.25) is 0 Å². The van der Waals surface area contributed by atoms with E-state index in [9.17, 15) is 0 Å². The molecule has 20 heavy (non-hydrogen) atoms. The SMILES string of the molecule is CCSC1CCCCN(c2ccc3nccnc3n2)C1. The number of rotatable bonds is 3. The molecule has 1 saturated heterocycles. The van der Waals surface area contributed by atoms with E-state index in [2.05, 4.69) is 44.6 Å². The Labute approximate surface area is 124 Å². The fraction of sp³-hybridized carbons (Fsp3) is 0.533. The van der Waals surface area contributed by atoms with Crippen molar-refractivity contribution in [2.45, 2.75) is 31.4 Å². The van der Waals surface area contributed by atoms with E-state index in [1.807, 2.05) is 6.07 Å². The number of thioether (sulfide) groups is 1. The second-order valence-corrected chi connectivity index (χ2v) is 6.67. The van der Waals surface area contributed by atoms with E-state index in [4.69, 9.17) is 0 Å². The molecule has 0 saturated carbocycles. The maximum atomic E-state index is 4.68. The Morgan fingerprint density at radius 2 is 2.15 bits per heavy atom. The number of fused-ring (bicyclic) bond motifs is 1. The molecule has 106 valence electrons. The van der Waals surface area contributed by atoms with Gasteiger partial charge in [0.15, 0.2) is 5.65 Å². The summed E-state index contributed by atoms with van der Waals surface area (Å²) in [5.41, 5.74) is 1.61. The van der Waals surface area contributed by atoms with Crippen molar-refractivity contribution in [1.29, 1.82) is 0 Å². The van der Waals surface area contributed by atoms with Crippen molar-refractivity contribution in [2.24, 2.45) is 0 Å². The van der Waals surface area contributed by atoms with Crippen molar-refractivity contribution in [1.82, 2.24) is 15.0 Å². The third kappa shape index (κ3) is 3.03. The minimum absolute atomic E-state index is 0.724. The van der Waals surface area contributed by atoms with Gasteiger partial charge in [0.05, 0.1) is 0 Å². The Bertz CT molecular complexity index is 575. The maximum Gasteiger partial charge on any atom is 0.180 e. The number of aromatic nitrogens is 3. The van der Waals surface area contributed by atoms with Crippen molar-refractivity contribution in [3.63, 3.8) is 0 Å². The van der Waals surface area contributed by atoms with E-state index in [0.29, 0.717) is 0 Å². The third-order valence-electron chi connectivity index (χ3n) is 3.67. The normalized spacial score (nSPS) is 20.1. The summed E-state index contributed by atoms with van der Waals surface area (Å²) >= 11 is 2.07. The van der Waals surface area contributed by atoms with Crippen LogP contribution in [0.15, 0.2) is 24.5 Å². The lowest BCUT2D eigenvalue weighted by atomic mass is 10.2. The van der Waals surface area contributed by atoms with Crippen LogP contribution in [0.4, 0.5) is 5.82 Å². The van der Waals surface area contributed by atoms with Crippen molar-refractivity contribution in [3.8, 4) is 0 Å². The Hall–Kier alpha value is -1.36. The van der Waals surface area contributed by atoms with E-state index in [1.165, 1.54) is 25.0 Å². The molecule has 0 bridgehead atoms. The minimum atomic E-state index is 0.724. The number of nitrogens with zero attached hydrogens (tertiary/aromatic N) is 4. The lowest BCUT2D eigenvalue weighted by Crippen LogP contribution is -2.30. The average Bonchev–Trinajstić information content (AvgIpc) is 2.73.